The number of rotatable bonds is 6. The molecule has 0 N–H and O–H groups in total. The predicted molar refractivity (Wildman–Crippen MR) is 252 cm³/mol. The van der Waals surface area contributed by atoms with Crippen LogP contribution in [0.15, 0.2) is 164 Å². The molecule has 294 valence electrons. The number of nitriles is 1. The molecule has 2 aromatic heterocycles. The highest BCUT2D eigenvalue weighted by Crippen LogP contribution is 2.45. The fraction of sp³-hybridized carbons (Fsp3) is 0.143. The third-order valence-electron chi connectivity index (χ3n) is 11.6. The van der Waals surface area contributed by atoms with Crippen molar-refractivity contribution in [2.24, 2.45) is 0 Å². The Bertz CT molecular complexity index is 2980. The topological polar surface area (TPSA) is 58.9 Å². The van der Waals surface area contributed by atoms with Crippen LogP contribution in [0, 0.1) is 17.9 Å². The highest BCUT2D eigenvalue weighted by Gasteiger charge is 2.25. The van der Waals surface area contributed by atoms with Gasteiger partial charge >= 0.3 is 0 Å². The largest absolute Gasteiger partial charge is 0.308 e. The van der Waals surface area contributed by atoms with Gasteiger partial charge in [-0.2, -0.15) is 5.26 Å². The fourth-order valence-corrected chi connectivity index (χ4v) is 8.17. The summed E-state index contributed by atoms with van der Waals surface area (Å²) in [6.07, 6.45) is 0. The highest BCUT2D eigenvalue weighted by molar-refractivity contribution is 6.11. The zero-order valence-electron chi connectivity index (χ0n) is 35.3. The summed E-state index contributed by atoms with van der Waals surface area (Å²) in [6, 6.07) is 58.7. The minimum Gasteiger partial charge on any atom is -0.308 e. The lowest BCUT2D eigenvalue weighted by Gasteiger charge is -2.22. The summed E-state index contributed by atoms with van der Waals surface area (Å²) >= 11 is 0. The van der Waals surface area contributed by atoms with Gasteiger partial charge in [0.15, 0.2) is 11.5 Å². The number of benzene rings is 7. The average Bonchev–Trinajstić information content (AvgIpc) is 3.61. The van der Waals surface area contributed by atoms with Gasteiger partial charge in [0.2, 0.25) is 0 Å². The van der Waals surface area contributed by atoms with E-state index in [0.717, 1.165) is 67.1 Å². The van der Waals surface area contributed by atoms with Crippen LogP contribution in [-0.4, -0.2) is 14.5 Å². The van der Waals surface area contributed by atoms with Gasteiger partial charge in [-0.3, -0.25) is 0 Å². The van der Waals surface area contributed by atoms with Crippen molar-refractivity contribution >= 4 is 27.5 Å². The zero-order valence-corrected chi connectivity index (χ0v) is 35.3. The molecule has 9 rings (SSSR count). The standard InChI is InChI=1S/C56H45N5/c1-55(2,3)42-24-28-51-47(32-42)48-33-43(56(4,5)6)25-29-52(48)61(51)53-45(37-20-18-36(35-57)19-21-37)30-41(31-46(53)38-22-26-44(58-7)27-23-38)54-59-49(39-14-10-8-11-15-39)34-50(60-54)40-16-12-9-13-17-40/h8-34H,1-6H3. The van der Waals surface area contributed by atoms with Crippen LogP contribution < -0.4 is 0 Å². The van der Waals surface area contributed by atoms with Gasteiger partial charge in [0.05, 0.1) is 46.3 Å². The van der Waals surface area contributed by atoms with Crippen LogP contribution in [0.5, 0.6) is 0 Å². The third kappa shape index (κ3) is 7.37. The quantitative estimate of drug-likeness (QED) is 0.158. The van der Waals surface area contributed by atoms with Crippen LogP contribution >= 0.6 is 0 Å². The maximum atomic E-state index is 9.88. The number of fused-ring (bicyclic) bond motifs is 3. The van der Waals surface area contributed by atoms with Gasteiger partial charge in [-0.25, -0.2) is 14.8 Å². The molecule has 5 nitrogen and oxygen atoms in total. The summed E-state index contributed by atoms with van der Waals surface area (Å²) in [4.78, 5) is 14.3. The Morgan fingerprint density at radius 3 is 1.39 bits per heavy atom. The van der Waals surface area contributed by atoms with E-state index < -0.39 is 0 Å². The second-order valence-electron chi connectivity index (χ2n) is 17.8. The van der Waals surface area contributed by atoms with Crippen molar-refractivity contribution in [2.45, 2.75) is 52.4 Å². The Hall–Kier alpha value is -7.60. The van der Waals surface area contributed by atoms with Gasteiger partial charge < -0.3 is 4.57 Å². The Labute approximate surface area is 358 Å². The lowest BCUT2D eigenvalue weighted by Crippen LogP contribution is -2.10. The first-order valence-corrected chi connectivity index (χ1v) is 20.7. The molecular weight excluding hydrogens is 743 g/mol. The molecule has 0 saturated heterocycles. The Balaban J connectivity index is 1.43. The average molecular weight is 788 g/mol. The van der Waals surface area contributed by atoms with E-state index in [2.05, 4.69) is 136 Å². The first-order chi connectivity index (χ1) is 29.4. The minimum absolute atomic E-state index is 0.0533. The van der Waals surface area contributed by atoms with E-state index in [1.807, 2.05) is 84.9 Å². The SMILES string of the molecule is [C-]#[N+]c1ccc(-c2cc(-c3nc(-c4ccccc4)cc(-c4ccccc4)n3)cc(-c3ccc(C#N)cc3)c2-n2c3ccc(C(C)(C)C)cc3c3cc(C(C)(C)C)ccc32)cc1. The molecule has 0 atom stereocenters. The number of aromatic nitrogens is 3. The molecule has 0 amide bonds. The van der Waals surface area contributed by atoms with Crippen LogP contribution in [-0.2, 0) is 10.8 Å². The number of hydrogen-bond acceptors (Lipinski definition) is 3. The van der Waals surface area contributed by atoms with Gasteiger partial charge in [0.25, 0.3) is 0 Å². The van der Waals surface area contributed by atoms with E-state index in [9.17, 15) is 5.26 Å². The molecular formula is C56H45N5. The predicted octanol–water partition coefficient (Wildman–Crippen LogP) is 14.9. The van der Waals surface area contributed by atoms with Crippen molar-refractivity contribution in [1.82, 2.24) is 14.5 Å². The second-order valence-corrected chi connectivity index (χ2v) is 17.8. The summed E-state index contributed by atoms with van der Waals surface area (Å²) < 4.78 is 2.41. The van der Waals surface area contributed by atoms with E-state index in [0.29, 0.717) is 17.1 Å². The molecule has 0 bridgehead atoms. The Morgan fingerprint density at radius 2 is 0.967 bits per heavy atom. The summed E-state index contributed by atoms with van der Waals surface area (Å²) in [5, 5.41) is 12.2. The summed E-state index contributed by atoms with van der Waals surface area (Å²) in [5.41, 5.74) is 15.0. The molecule has 5 heteroatoms. The molecule has 7 aromatic carbocycles. The Kier molecular flexibility index (Phi) is 9.70. The maximum absolute atomic E-state index is 9.88. The van der Waals surface area contributed by atoms with E-state index in [4.69, 9.17) is 16.5 Å². The number of hydrogen-bond donors (Lipinski definition) is 0. The first-order valence-electron chi connectivity index (χ1n) is 20.7. The molecule has 9 aromatic rings. The lowest BCUT2D eigenvalue weighted by atomic mass is 9.85. The molecule has 0 saturated carbocycles. The molecule has 0 aliphatic heterocycles. The third-order valence-corrected chi connectivity index (χ3v) is 11.6. The summed E-state index contributed by atoms with van der Waals surface area (Å²) in [7, 11) is 0. The van der Waals surface area contributed by atoms with Gasteiger partial charge in [0.1, 0.15) is 0 Å². The van der Waals surface area contributed by atoms with Crippen LogP contribution in [0.1, 0.15) is 58.2 Å². The van der Waals surface area contributed by atoms with Crippen molar-refractivity contribution in [2.75, 3.05) is 0 Å². The lowest BCUT2D eigenvalue weighted by molar-refractivity contribution is 0.590. The smallest absolute Gasteiger partial charge is 0.187 e. The minimum atomic E-state index is -0.0533. The fourth-order valence-electron chi connectivity index (χ4n) is 8.17. The zero-order chi connectivity index (χ0) is 42.5. The van der Waals surface area contributed by atoms with E-state index in [1.54, 1.807) is 0 Å². The van der Waals surface area contributed by atoms with E-state index in [1.165, 1.54) is 21.9 Å². The highest BCUT2D eigenvalue weighted by atomic mass is 15.0. The van der Waals surface area contributed by atoms with Crippen molar-refractivity contribution in [3.05, 3.63) is 192 Å². The van der Waals surface area contributed by atoms with Crippen molar-refractivity contribution in [3.8, 4) is 67.9 Å². The van der Waals surface area contributed by atoms with Crippen LogP contribution in [0.3, 0.4) is 0 Å². The van der Waals surface area contributed by atoms with Gasteiger partial charge in [-0.1, -0.05) is 151 Å². The van der Waals surface area contributed by atoms with Crippen molar-refractivity contribution in [1.29, 1.82) is 5.26 Å². The molecule has 0 radical (unpaired) electrons. The Morgan fingerprint density at radius 1 is 0.508 bits per heavy atom. The summed E-state index contributed by atoms with van der Waals surface area (Å²) in [5.74, 6) is 0.590. The molecule has 0 aliphatic rings. The number of nitrogens with zero attached hydrogens (tertiary/aromatic N) is 5. The molecule has 61 heavy (non-hydrogen) atoms. The van der Waals surface area contributed by atoms with Gasteiger partial charge in [-0.15, -0.1) is 0 Å². The first kappa shape index (κ1) is 38.9. The van der Waals surface area contributed by atoms with Crippen LogP contribution in [0.2, 0.25) is 0 Å². The molecule has 0 spiro atoms. The van der Waals surface area contributed by atoms with Crippen LogP contribution in [0.25, 0.3) is 88.5 Å². The van der Waals surface area contributed by atoms with Crippen molar-refractivity contribution < 1.29 is 0 Å². The van der Waals surface area contributed by atoms with Gasteiger partial charge in [-0.05, 0) is 87.7 Å². The monoisotopic (exact) mass is 787 g/mol. The normalized spacial score (nSPS) is 11.7. The molecule has 0 fully saturated rings. The van der Waals surface area contributed by atoms with Crippen molar-refractivity contribution in [3.63, 3.8) is 0 Å². The molecule has 2 heterocycles. The maximum Gasteiger partial charge on any atom is 0.187 e. The summed E-state index contributed by atoms with van der Waals surface area (Å²) in [6.45, 7) is 21.3. The second kappa shape index (κ2) is 15.2. The van der Waals surface area contributed by atoms with Crippen LogP contribution in [0.4, 0.5) is 5.69 Å². The van der Waals surface area contributed by atoms with Gasteiger partial charge in [0, 0.05) is 38.6 Å². The molecule has 0 aliphatic carbocycles. The molecule has 0 unspecified atom stereocenters. The van der Waals surface area contributed by atoms with E-state index >= 15 is 0 Å². The van der Waals surface area contributed by atoms with E-state index in [-0.39, 0.29) is 10.8 Å².